The van der Waals surface area contributed by atoms with Crippen LogP contribution in [0.4, 0.5) is 0 Å². The fraction of sp³-hybridized carbons (Fsp3) is 0.357. The van der Waals surface area contributed by atoms with Crippen LogP contribution in [0.2, 0.25) is 0 Å². The Morgan fingerprint density at radius 1 is 1.33 bits per heavy atom. The first-order valence-electron chi connectivity index (χ1n) is 5.89. The van der Waals surface area contributed by atoms with Gasteiger partial charge in [0.1, 0.15) is 11.3 Å². The van der Waals surface area contributed by atoms with Crippen molar-refractivity contribution in [3.8, 4) is 5.75 Å². The van der Waals surface area contributed by atoms with Crippen molar-refractivity contribution in [2.75, 3.05) is 19.8 Å². The lowest BCUT2D eigenvalue weighted by Crippen LogP contribution is -2.06. The summed E-state index contributed by atoms with van der Waals surface area (Å²) in [6.07, 6.45) is 4.59. The maximum absolute atomic E-state index is 10.9. The van der Waals surface area contributed by atoms with Crippen LogP contribution in [0.1, 0.15) is 23.7 Å². The number of aromatic carboxylic acids is 1. The molecule has 1 N–H and O–H groups in total. The van der Waals surface area contributed by atoms with E-state index >= 15 is 0 Å². The third kappa shape index (κ3) is 5.01. The molecule has 0 radical (unpaired) electrons. The van der Waals surface area contributed by atoms with Crippen molar-refractivity contribution < 1.29 is 19.4 Å². The first-order valence-corrected chi connectivity index (χ1v) is 5.89. The highest BCUT2D eigenvalue weighted by molar-refractivity contribution is 5.90. The Hall–Kier alpha value is -1.81. The molecule has 1 aromatic carbocycles. The molecule has 0 fully saturated rings. The van der Waals surface area contributed by atoms with Gasteiger partial charge in [0.25, 0.3) is 0 Å². The van der Waals surface area contributed by atoms with Crippen LogP contribution in [0.3, 0.4) is 0 Å². The summed E-state index contributed by atoms with van der Waals surface area (Å²) >= 11 is 0. The first kappa shape index (κ1) is 14.3. The van der Waals surface area contributed by atoms with E-state index in [2.05, 4.69) is 0 Å². The number of allylic oxidation sites excluding steroid dienone is 1. The molecule has 0 bridgehead atoms. The summed E-state index contributed by atoms with van der Waals surface area (Å²) in [5, 5.41) is 8.95. The van der Waals surface area contributed by atoms with Crippen molar-refractivity contribution in [2.24, 2.45) is 0 Å². The summed E-state index contributed by atoms with van der Waals surface area (Å²) in [7, 11) is 0. The molecule has 18 heavy (non-hydrogen) atoms. The van der Waals surface area contributed by atoms with Gasteiger partial charge in [0.05, 0.1) is 19.8 Å². The van der Waals surface area contributed by atoms with Gasteiger partial charge in [-0.05, 0) is 19.1 Å². The van der Waals surface area contributed by atoms with E-state index in [4.69, 9.17) is 14.6 Å². The van der Waals surface area contributed by atoms with Gasteiger partial charge in [-0.15, -0.1) is 0 Å². The number of para-hydroxylation sites is 1. The highest BCUT2D eigenvalue weighted by atomic mass is 16.5. The van der Waals surface area contributed by atoms with Crippen molar-refractivity contribution >= 4 is 5.97 Å². The van der Waals surface area contributed by atoms with E-state index in [-0.39, 0.29) is 5.56 Å². The number of carboxylic acids is 1. The molecule has 0 aliphatic carbocycles. The summed E-state index contributed by atoms with van der Waals surface area (Å²) in [5.41, 5.74) is 0.187. The van der Waals surface area contributed by atoms with Crippen molar-refractivity contribution in [3.05, 3.63) is 42.0 Å². The molecule has 0 spiro atoms. The van der Waals surface area contributed by atoms with Gasteiger partial charge < -0.3 is 14.6 Å². The SMILES string of the molecule is CC=CCOCCCOc1ccccc1C(=O)O. The van der Waals surface area contributed by atoms with Crippen molar-refractivity contribution in [3.63, 3.8) is 0 Å². The quantitative estimate of drug-likeness (QED) is 0.569. The van der Waals surface area contributed by atoms with Crippen LogP contribution in [0.25, 0.3) is 0 Å². The molecule has 4 heteroatoms. The monoisotopic (exact) mass is 250 g/mol. The number of benzene rings is 1. The zero-order chi connectivity index (χ0) is 13.2. The van der Waals surface area contributed by atoms with Crippen LogP contribution in [0.5, 0.6) is 5.75 Å². The lowest BCUT2D eigenvalue weighted by Gasteiger charge is -2.08. The van der Waals surface area contributed by atoms with E-state index in [1.807, 2.05) is 19.1 Å². The largest absolute Gasteiger partial charge is 0.493 e. The van der Waals surface area contributed by atoms with Gasteiger partial charge in [-0.2, -0.15) is 0 Å². The van der Waals surface area contributed by atoms with Gasteiger partial charge >= 0.3 is 5.97 Å². The fourth-order valence-electron chi connectivity index (χ4n) is 1.36. The zero-order valence-electron chi connectivity index (χ0n) is 10.5. The lowest BCUT2D eigenvalue weighted by molar-refractivity contribution is 0.0691. The van der Waals surface area contributed by atoms with E-state index < -0.39 is 5.97 Å². The Labute approximate surface area is 107 Å². The molecule has 1 aromatic rings. The number of hydrogen-bond donors (Lipinski definition) is 1. The second kappa shape index (κ2) is 8.31. The molecule has 0 saturated carbocycles. The molecular weight excluding hydrogens is 232 g/mol. The number of ether oxygens (including phenoxy) is 2. The minimum atomic E-state index is -0.977. The molecule has 1 rings (SSSR count). The molecule has 0 aliphatic heterocycles. The Balaban J connectivity index is 2.29. The molecule has 0 heterocycles. The van der Waals surface area contributed by atoms with E-state index in [9.17, 15) is 4.79 Å². The van der Waals surface area contributed by atoms with E-state index in [1.165, 1.54) is 6.07 Å². The van der Waals surface area contributed by atoms with Gasteiger partial charge in [-0.25, -0.2) is 4.79 Å². The average Bonchev–Trinajstić information content (AvgIpc) is 2.38. The number of hydrogen-bond acceptors (Lipinski definition) is 3. The molecule has 4 nitrogen and oxygen atoms in total. The van der Waals surface area contributed by atoms with Gasteiger partial charge in [0.15, 0.2) is 0 Å². The minimum absolute atomic E-state index is 0.187. The molecule has 0 saturated heterocycles. The Morgan fingerprint density at radius 2 is 2.11 bits per heavy atom. The van der Waals surface area contributed by atoms with Crippen molar-refractivity contribution in [2.45, 2.75) is 13.3 Å². The minimum Gasteiger partial charge on any atom is -0.493 e. The maximum Gasteiger partial charge on any atom is 0.339 e. The summed E-state index contributed by atoms with van der Waals surface area (Å²) in [6, 6.07) is 6.62. The maximum atomic E-state index is 10.9. The van der Waals surface area contributed by atoms with Gasteiger partial charge in [0, 0.05) is 6.42 Å². The van der Waals surface area contributed by atoms with Crippen LogP contribution >= 0.6 is 0 Å². The molecule has 0 aromatic heterocycles. The molecule has 98 valence electrons. The van der Waals surface area contributed by atoms with E-state index in [1.54, 1.807) is 18.2 Å². The third-order valence-electron chi connectivity index (χ3n) is 2.26. The van der Waals surface area contributed by atoms with E-state index in [0.29, 0.717) is 25.6 Å². The number of carboxylic acid groups (broad SMARTS) is 1. The smallest absolute Gasteiger partial charge is 0.339 e. The van der Waals surface area contributed by atoms with Gasteiger partial charge in [-0.1, -0.05) is 24.3 Å². The predicted molar refractivity (Wildman–Crippen MR) is 69.1 cm³/mol. The average molecular weight is 250 g/mol. The second-order valence-corrected chi connectivity index (χ2v) is 3.65. The van der Waals surface area contributed by atoms with Crippen LogP contribution in [-0.2, 0) is 4.74 Å². The van der Waals surface area contributed by atoms with Crippen LogP contribution in [-0.4, -0.2) is 30.9 Å². The molecule has 0 atom stereocenters. The third-order valence-corrected chi connectivity index (χ3v) is 2.26. The van der Waals surface area contributed by atoms with Gasteiger partial charge in [0.2, 0.25) is 0 Å². The molecule has 0 amide bonds. The number of carbonyl (C=O) groups is 1. The highest BCUT2D eigenvalue weighted by Crippen LogP contribution is 2.17. The van der Waals surface area contributed by atoms with Crippen LogP contribution in [0.15, 0.2) is 36.4 Å². The summed E-state index contributed by atoms with van der Waals surface area (Å²) in [6.45, 7) is 3.58. The predicted octanol–water partition coefficient (Wildman–Crippen LogP) is 2.75. The molecular formula is C14H18O4. The van der Waals surface area contributed by atoms with Crippen LogP contribution < -0.4 is 4.74 Å². The van der Waals surface area contributed by atoms with Crippen molar-refractivity contribution in [1.82, 2.24) is 0 Å². The Morgan fingerprint density at radius 3 is 2.83 bits per heavy atom. The molecule has 0 aliphatic rings. The Bertz CT molecular complexity index is 399. The fourth-order valence-corrected chi connectivity index (χ4v) is 1.36. The normalized spacial score (nSPS) is 10.7. The summed E-state index contributed by atoms with van der Waals surface area (Å²) in [4.78, 5) is 10.9. The highest BCUT2D eigenvalue weighted by Gasteiger charge is 2.09. The van der Waals surface area contributed by atoms with E-state index in [0.717, 1.165) is 6.42 Å². The van der Waals surface area contributed by atoms with Gasteiger partial charge in [-0.3, -0.25) is 0 Å². The standard InChI is InChI=1S/C14H18O4/c1-2-3-9-17-10-6-11-18-13-8-5-4-7-12(13)14(15)16/h2-5,7-8H,6,9-11H2,1H3,(H,15,16). The number of rotatable bonds is 8. The van der Waals surface area contributed by atoms with Crippen molar-refractivity contribution in [1.29, 1.82) is 0 Å². The summed E-state index contributed by atoms with van der Waals surface area (Å²) < 4.78 is 10.7. The topological polar surface area (TPSA) is 55.8 Å². The lowest BCUT2D eigenvalue weighted by atomic mass is 10.2. The zero-order valence-corrected chi connectivity index (χ0v) is 10.5. The molecule has 0 unspecified atom stereocenters. The second-order valence-electron chi connectivity index (χ2n) is 3.65. The summed E-state index contributed by atoms with van der Waals surface area (Å²) in [5.74, 6) is -0.576. The van der Waals surface area contributed by atoms with Crippen LogP contribution in [0, 0.1) is 0 Å². The Kier molecular flexibility index (Phi) is 6.58. The first-order chi connectivity index (χ1) is 8.75.